The van der Waals surface area contributed by atoms with Crippen LogP contribution >= 0.6 is 11.6 Å². The van der Waals surface area contributed by atoms with Crippen LogP contribution in [0.4, 0.5) is 9.59 Å². The average Bonchev–Trinajstić information content (AvgIpc) is 2.17. The van der Waals surface area contributed by atoms with Gasteiger partial charge in [0.05, 0.1) is 5.75 Å². The van der Waals surface area contributed by atoms with Crippen LogP contribution in [0.1, 0.15) is 13.3 Å². The van der Waals surface area contributed by atoms with E-state index in [-0.39, 0.29) is 18.8 Å². The third-order valence-corrected chi connectivity index (χ3v) is 4.04. The van der Waals surface area contributed by atoms with E-state index < -0.39 is 21.4 Å². The second kappa shape index (κ2) is 4.36. The molecule has 0 saturated carbocycles. The third kappa shape index (κ3) is 2.40. The van der Waals surface area contributed by atoms with Gasteiger partial charge in [-0.05, 0) is 24.9 Å². The van der Waals surface area contributed by atoms with E-state index in [4.69, 9.17) is 11.6 Å². The van der Waals surface area contributed by atoms with Crippen molar-refractivity contribution in [2.75, 3.05) is 18.8 Å². The Bertz CT molecular complexity index is 380. The van der Waals surface area contributed by atoms with Gasteiger partial charge >= 0.3 is 11.4 Å². The SMILES string of the molecule is CCS(=O)(=O)N1CCCN(C(=O)Cl)C1=O. The molecule has 0 aromatic rings. The summed E-state index contributed by atoms with van der Waals surface area (Å²) >= 11 is 5.15. The molecule has 1 aliphatic rings. The quantitative estimate of drug-likeness (QED) is 0.540. The minimum atomic E-state index is -3.61. The van der Waals surface area contributed by atoms with Crippen molar-refractivity contribution in [2.24, 2.45) is 0 Å². The number of sulfonamides is 1. The van der Waals surface area contributed by atoms with Crippen LogP contribution in [-0.2, 0) is 10.0 Å². The largest absolute Gasteiger partial charge is 0.341 e. The number of nitrogens with zero attached hydrogens (tertiary/aromatic N) is 2. The molecular formula is C7H11ClN2O4S. The molecule has 1 saturated heterocycles. The van der Waals surface area contributed by atoms with Crippen LogP contribution in [0.2, 0.25) is 0 Å². The van der Waals surface area contributed by atoms with Crippen LogP contribution in [0.25, 0.3) is 0 Å². The molecule has 1 fully saturated rings. The molecule has 0 radical (unpaired) electrons. The zero-order chi connectivity index (χ0) is 11.6. The Balaban J connectivity index is 2.94. The van der Waals surface area contributed by atoms with E-state index in [1.54, 1.807) is 0 Å². The molecule has 0 N–H and O–H groups in total. The van der Waals surface area contributed by atoms with Crippen LogP contribution in [0.15, 0.2) is 0 Å². The van der Waals surface area contributed by atoms with Crippen molar-refractivity contribution in [3.05, 3.63) is 0 Å². The zero-order valence-corrected chi connectivity index (χ0v) is 9.71. The van der Waals surface area contributed by atoms with Crippen molar-refractivity contribution >= 4 is 33.0 Å². The van der Waals surface area contributed by atoms with Gasteiger partial charge in [-0.3, -0.25) is 4.79 Å². The standard InChI is InChI=1S/C7H11ClN2O4S/c1-2-15(13,14)10-5-3-4-9(6(8)11)7(10)12/h2-5H2,1H3. The van der Waals surface area contributed by atoms with Crippen molar-refractivity contribution in [2.45, 2.75) is 13.3 Å². The Kier molecular flexibility index (Phi) is 3.56. The van der Waals surface area contributed by atoms with Gasteiger partial charge in [0.1, 0.15) is 0 Å². The second-order valence-electron chi connectivity index (χ2n) is 3.01. The topological polar surface area (TPSA) is 74.8 Å². The average molecular weight is 255 g/mol. The maximum Gasteiger partial charge on any atom is 0.341 e. The number of urea groups is 1. The maximum atomic E-state index is 11.5. The lowest BCUT2D eigenvalue weighted by atomic mass is 10.3. The van der Waals surface area contributed by atoms with Gasteiger partial charge in [-0.15, -0.1) is 0 Å². The predicted molar refractivity (Wildman–Crippen MR) is 54.1 cm³/mol. The summed E-state index contributed by atoms with van der Waals surface area (Å²) in [6.45, 7) is 1.71. The summed E-state index contributed by atoms with van der Waals surface area (Å²) in [5, 5.41) is -0.948. The highest BCUT2D eigenvalue weighted by molar-refractivity contribution is 7.89. The van der Waals surface area contributed by atoms with E-state index in [1.165, 1.54) is 6.92 Å². The third-order valence-electron chi connectivity index (χ3n) is 2.10. The summed E-state index contributed by atoms with van der Waals surface area (Å²) in [6.07, 6.45) is 0.406. The molecule has 0 spiro atoms. The van der Waals surface area contributed by atoms with E-state index >= 15 is 0 Å². The molecule has 1 heterocycles. The summed E-state index contributed by atoms with van der Waals surface area (Å²) in [5.74, 6) is -0.178. The fraction of sp³-hybridized carbons (Fsp3) is 0.714. The van der Waals surface area contributed by atoms with E-state index in [2.05, 4.69) is 0 Å². The highest BCUT2D eigenvalue weighted by Crippen LogP contribution is 2.15. The number of carbonyl (C=O) groups excluding carboxylic acids is 2. The molecule has 8 heteroatoms. The van der Waals surface area contributed by atoms with E-state index in [9.17, 15) is 18.0 Å². The van der Waals surface area contributed by atoms with Crippen LogP contribution in [-0.4, -0.2) is 47.9 Å². The first-order chi connectivity index (χ1) is 6.90. The number of carbonyl (C=O) groups is 2. The minimum Gasteiger partial charge on any atom is -0.255 e. The van der Waals surface area contributed by atoms with Crippen molar-refractivity contribution in [3.63, 3.8) is 0 Å². The lowest BCUT2D eigenvalue weighted by Crippen LogP contribution is -2.52. The molecule has 86 valence electrons. The van der Waals surface area contributed by atoms with Gasteiger partial charge in [-0.2, -0.15) is 0 Å². The summed E-state index contributed by atoms with van der Waals surface area (Å²) < 4.78 is 23.6. The molecule has 0 unspecified atom stereocenters. The van der Waals surface area contributed by atoms with Gasteiger partial charge in [0.2, 0.25) is 10.0 Å². The van der Waals surface area contributed by atoms with Crippen molar-refractivity contribution in [1.82, 2.24) is 9.21 Å². The Morgan fingerprint density at radius 2 is 2.07 bits per heavy atom. The van der Waals surface area contributed by atoms with Gasteiger partial charge in [0.15, 0.2) is 0 Å². The molecule has 0 aromatic carbocycles. The zero-order valence-electron chi connectivity index (χ0n) is 8.14. The first kappa shape index (κ1) is 12.3. The molecule has 0 atom stereocenters. The number of hydrogen-bond acceptors (Lipinski definition) is 4. The van der Waals surface area contributed by atoms with Crippen molar-refractivity contribution in [3.8, 4) is 0 Å². The second-order valence-corrected chi connectivity index (χ2v) is 5.52. The fourth-order valence-corrected chi connectivity index (χ4v) is 2.49. The molecule has 6 nitrogen and oxygen atoms in total. The van der Waals surface area contributed by atoms with Crippen LogP contribution in [0, 0.1) is 0 Å². The maximum absolute atomic E-state index is 11.5. The lowest BCUT2D eigenvalue weighted by molar-refractivity contribution is 0.169. The molecule has 3 amide bonds. The van der Waals surface area contributed by atoms with Crippen LogP contribution < -0.4 is 0 Å². The number of imide groups is 1. The Labute approximate surface area is 92.8 Å². The highest BCUT2D eigenvalue weighted by Gasteiger charge is 2.35. The molecule has 0 bridgehead atoms. The van der Waals surface area contributed by atoms with Gasteiger partial charge in [-0.25, -0.2) is 22.4 Å². The Morgan fingerprint density at radius 3 is 2.53 bits per heavy atom. The van der Waals surface area contributed by atoms with E-state index in [1.807, 2.05) is 0 Å². The molecule has 15 heavy (non-hydrogen) atoms. The Morgan fingerprint density at radius 1 is 1.47 bits per heavy atom. The summed E-state index contributed by atoms with van der Waals surface area (Å²) in [5.41, 5.74) is 0. The fourth-order valence-electron chi connectivity index (χ4n) is 1.28. The molecular weight excluding hydrogens is 244 g/mol. The van der Waals surface area contributed by atoms with E-state index in [0.717, 1.165) is 4.90 Å². The number of halogens is 1. The smallest absolute Gasteiger partial charge is 0.255 e. The summed E-state index contributed by atoms with van der Waals surface area (Å²) in [6, 6.07) is -0.858. The van der Waals surface area contributed by atoms with E-state index in [0.29, 0.717) is 10.7 Å². The first-order valence-electron chi connectivity index (χ1n) is 4.41. The monoisotopic (exact) mass is 254 g/mol. The number of rotatable bonds is 2. The van der Waals surface area contributed by atoms with Crippen LogP contribution in [0.5, 0.6) is 0 Å². The van der Waals surface area contributed by atoms with Gasteiger partial charge in [0, 0.05) is 13.1 Å². The lowest BCUT2D eigenvalue weighted by Gasteiger charge is -2.31. The number of hydrogen-bond donors (Lipinski definition) is 0. The van der Waals surface area contributed by atoms with Gasteiger partial charge < -0.3 is 0 Å². The normalized spacial score (nSPS) is 18.1. The van der Waals surface area contributed by atoms with Gasteiger partial charge in [-0.1, -0.05) is 0 Å². The minimum absolute atomic E-state index is 0.107. The molecule has 1 rings (SSSR count). The van der Waals surface area contributed by atoms with Crippen molar-refractivity contribution < 1.29 is 18.0 Å². The first-order valence-corrected chi connectivity index (χ1v) is 6.40. The predicted octanol–water partition coefficient (Wildman–Crippen LogP) is 0.823. The van der Waals surface area contributed by atoms with Gasteiger partial charge in [0.25, 0.3) is 0 Å². The summed E-state index contributed by atoms with van der Waals surface area (Å²) in [7, 11) is -3.61. The number of amides is 3. The molecule has 0 aromatic heterocycles. The van der Waals surface area contributed by atoms with Crippen LogP contribution in [0.3, 0.4) is 0 Å². The highest BCUT2D eigenvalue weighted by atomic mass is 35.5. The molecule has 1 aliphatic heterocycles. The van der Waals surface area contributed by atoms with Crippen molar-refractivity contribution in [1.29, 1.82) is 0 Å². The Hall–Kier alpha value is -0.820. The molecule has 0 aliphatic carbocycles. The summed E-state index contributed by atoms with van der Waals surface area (Å²) in [4.78, 5) is 23.1.